The number of halogens is 1. The number of nitrogens with two attached hydrogens (primary N) is 1. The molecule has 1 rings (SSSR count). The molecule has 0 aliphatic heterocycles. The summed E-state index contributed by atoms with van der Waals surface area (Å²) in [4.78, 5) is 26.3. The predicted molar refractivity (Wildman–Crippen MR) is 102 cm³/mol. The van der Waals surface area contributed by atoms with E-state index >= 15 is 0 Å². The van der Waals surface area contributed by atoms with Crippen LogP contribution in [0.15, 0.2) is 24.3 Å². The molecular weight excluding hydrogens is 326 g/mol. The van der Waals surface area contributed by atoms with E-state index in [0.29, 0.717) is 37.3 Å². The quantitative estimate of drug-likeness (QED) is 0.631. The lowest BCUT2D eigenvalue weighted by molar-refractivity contribution is -0.116. The van der Waals surface area contributed by atoms with Gasteiger partial charge in [-0.05, 0) is 45.4 Å². The lowest BCUT2D eigenvalue weighted by atomic mass is 10.1. The minimum Gasteiger partial charge on any atom is -0.339 e. The van der Waals surface area contributed by atoms with E-state index in [2.05, 4.69) is 5.32 Å². The number of nitrogens with zero attached hydrogens (tertiary/aromatic N) is 1. The maximum Gasteiger partial charge on any atom is 0.255 e. The van der Waals surface area contributed by atoms with Gasteiger partial charge in [0.15, 0.2) is 0 Å². The lowest BCUT2D eigenvalue weighted by Gasteiger charge is -2.20. The Hall–Kier alpha value is -1.59. The number of hydrogen-bond donors (Lipinski definition) is 2. The number of rotatable bonds is 10. The van der Waals surface area contributed by atoms with E-state index in [1.54, 1.807) is 17.0 Å². The summed E-state index contributed by atoms with van der Waals surface area (Å²) >= 11 is 0. The second-order valence-electron chi connectivity index (χ2n) is 5.52. The fourth-order valence-electron chi connectivity index (χ4n) is 2.46. The molecule has 0 saturated carbocycles. The first-order chi connectivity index (χ1) is 11.1. The van der Waals surface area contributed by atoms with Crippen LogP contribution in [0.1, 0.15) is 56.3 Å². The third kappa shape index (κ3) is 7.32. The number of carbonyl (C=O) groups is 2. The number of carbonyl (C=O) groups excluding carboxylic acids is 2. The van der Waals surface area contributed by atoms with Gasteiger partial charge in [-0.15, -0.1) is 12.4 Å². The number of unbranched alkanes of at least 4 members (excludes halogenated alkanes) is 3. The Kier molecular flexibility index (Phi) is 11.9. The molecule has 0 aliphatic rings. The molecule has 24 heavy (non-hydrogen) atoms. The molecule has 0 aromatic heterocycles. The molecule has 2 amide bonds. The molecule has 0 fully saturated rings. The molecule has 3 N–H and O–H groups in total. The minimum atomic E-state index is -0.0474. The fourth-order valence-corrected chi connectivity index (χ4v) is 2.46. The van der Waals surface area contributed by atoms with E-state index in [4.69, 9.17) is 5.73 Å². The van der Waals surface area contributed by atoms with Crippen molar-refractivity contribution in [2.24, 2.45) is 5.73 Å². The van der Waals surface area contributed by atoms with Gasteiger partial charge in [-0.25, -0.2) is 0 Å². The monoisotopic (exact) mass is 355 g/mol. The van der Waals surface area contributed by atoms with Crippen molar-refractivity contribution < 1.29 is 9.59 Å². The summed E-state index contributed by atoms with van der Waals surface area (Å²) in [7, 11) is 0. The average molecular weight is 356 g/mol. The maximum absolute atomic E-state index is 12.5. The third-order valence-electron chi connectivity index (χ3n) is 3.84. The summed E-state index contributed by atoms with van der Waals surface area (Å²) in [5, 5.41) is 2.87. The molecule has 0 atom stereocenters. The van der Waals surface area contributed by atoms with Crippen molar-refractivity contribution in [1.82, 2.24) is 4.90 Å². The van der Waals surface area contributed by atoms with Crippen LogP contribution in [0.3, 0.4) is 0 Å². The van der Waals surface area contributed by atoms with Gasteiger partial charge in [0.05, 0.1) is 11.3 Å². The van der Waals surface area contributed by atoms with Gasteiger partial charge in [0.2, 0.25) is 5.91 Å². The predicted octanol–water partition coefficient (Wildman–Crippen LogP) is 3.44. The zero-order chi connectivity index (χ0) is 17.1. The van der Waals surface area contributed by atoms with Gasteiger partial charge in [-0.2, -0.15) is 0 Å². The van der Waals surface area contributed by atoms with Crippen molar-refractivity contribution in [1.29, 1.82) is 0 Å². The van der Waals surface area contributed by atoms with Gasteiger partial charge in [0.1, 0.15) is 0 Å². The molecule has 5 nitrogen and oxygen atoms in total. The second kappa shape index (κ2) is 12.8. The van der Waals surface area contributed by atoms with E-state index in [0.717, 1.165) is 25.7 Å². The lowest BCUT2D eigenvalue weighted by Crippen LogP contribution is -2.31. The van der Waals surface area contributed by atoms with Crippen LogP contribution in [0.25, 0.3) is 0 Å². The Morgan fingerprint density at radius 2 is 1.67 bits per heavy atom. The van der Waals surface area contributed by atoms with Crippen molar-refractivity contribution in [3.8, 4) is 0 Å². The van der Waals surface area contributed by atoms with Crippen LogP contribution in [0, 0.1) is 0 Å². The van der Waals surface area contributed by atoms with Crippen molar-refractivity contribution in [3.05, 3.63) is 29.8 Å². The number of benzene rings is 1. The van der Waals surface area contributed by atoms with Crippen LogP contribution in [0.4, 0.5) is 5.69 Å². The van der Waals surface area contributed by atoms with E-state index in [9.17, 15) is 9.59 Å². The van der Waals surface area contributed by atoms with E-state index < -0.39 is 0 Å². The highest BCUT2D eigenvalue weighted by atomic mass is 35.5. The van der Waals surface area contributed by atoms with Gasteiger partial charge in [-0.1, -0.05) is 25.0 Å². The van der Waals surface area contributed by atoms with Gasteiger partial charge >= 0.3 is 0 Å². The maximum atomic E-state index is 12.5. The molecule has 0 spiro atoms. The first-order valence-electron chi connectivity index (χ1n) is 8.52. The molecule has 0 aliphatic carbocycles. The highest BCUT2D eigenvalue weighted by Crippen LogP contribution is 2.18. The molecular formula is C18H30ClN3O2. The topological polar surface area (TPSA) is 75.4 Å². The number of hydrogen-bond acceptors (Lipinski definition) is 3. The number of para-hydroxylation sites is 1. The number of amides is 2. The molecule has 136 valence electrons. The summed E-state index contributed by atoms with van der Waals surface area (Å²) in [5.74, 6) is -0.0913. The molecule has 1 aromatic carbocycles. The van der Waals surface area contributed by atoms with Gasteiger partial charge in [0, 0.05) is 19.5 Å². The summed E-state index contributed by atoms with van der Waals surface area (Å²) < 4.78 is 0. The molecule has 0 radical (unpaired) electrons. The number of nitrogens with one attached hydrogen (secondary N) is 1. The summed E-state index contributed by atoms with van der Waals surface area (Å²) in [6.07, 6.45) is 4.38. The standard InChI is InChI=1S/C18H29N3O2.ClH/c1-3-21(4-2)18(23)15-11-8-9-12-16(15)20-17(22)13-7-5-6-10-14-19;/h8-9,11-12H,3-7,10,13-14,19H2,1-2H3,(H,20,22);1H. The average Bonchev–Trinajstić information content (AvgIpc) is 2.56. The molecule has 1 aromatic rings. The minimum absolute atomic E-state index is 0. The van der Waals surface area contributed by atoms with Crippen molar-refractivity contribution in [2.45, 2.75) is 46.0 Å². The second-order valence-corrected chi connectivity index (χ2v) is 5.52. The van der Waals surface area contributed by atoms with Crippen molar-refractivity contribution >= 4 is 29.9 Å². The van der Waals surface area contributed by atoms with E-state index in [1.165, 1.54) is 0 Å². The molecule has 0 unspecified atom stereocenters. The van der Waals surface area contributed by atoms with Crippen LogP contribution in [0.2, 0.25) is 0 Å². The molecule has 6 heteroatoms. The van der Waals surface area contributed by atoms with Gasteiger partial charge < -0.3 is 16.0 Å². The summed E-state index contributed by atoms with van der Waals surface area (Å²) in [6, 6.07) is 7.19. The largest absolute Gasteiger partial charge is 0.339 e. The summed E-state index contributed by atoms with van der Waals surface area (Å²) in [5.41, 5.74) is 6.59. The van der Waals surface area contributed by atoms with Gasteiger partial charge in [-0.3, -0.25) is 9.59 Å². The van der Waals surface area contributed by atoms with Crippen LogP contribution >= 0.6 is 12.4 Å². The molecule has 0 bridgehead atoms. The van der Waals surface area contributed by atoms with Crippen LogP contribution in [-0.2, 0) is 4.79 Å². The molecule has 0 saturated heterocycles. The SMILES string of the molecule is CCN(CC)C(=O)c1ccccc1NC(=O)CCCCCCN.Cl. The van der Waals surface area contributed by atoms with Crippen LogP contribution in [-0.4, -0.2) is 36.3 Å². The van der Waals surface area contributed by atoms with E-state index in [1.807, 2.05) is 26.0 Å². The summed E-state index contributed by atoms with van der Waals surface area (Å²) in [6.45, 7) is 5.90. The Morgan fingerprint density at radius 3 is 2.29 bits per heavy atom. The highest BCUT2D eigenvalue weighted by Gasteiger charge is 2.17. The first kappa shape index (κ1) is 22.4. The van der Waals surface area contributed by atoms with Crippen LogP contribution in [0.5, 0.6) is 0 Å². The van der Waals surface area contributed by atoms with Crippen molar-refractivity contribution in [3.63, 3.8) is 0 Å². The fraction of sp³-hybridized carbons (Fsp3) is 0.556. The third-order valence-corrected chi connectivity index (χ3v) is 3.84. The Labute approximate surface area is 151 Å². The Bertz CT molecular complexity index is 505. The highest BCUT2D eigenvalue weighted by molar-refractivity contribution is 6.03. The number of anilines is 1. The first-order valence-corrected chi connectivity index (χ1v) is 8.52. The van der Waals surface area contributed by atoms with Gasteiger partial charge in [0.25, 0.3) is 5.91 Å². The Balaban J connectivity index is 0.00000529. The zero-order valence-electron chi connectivity index (χ0n) is 14.7. The van der Waals surface area contributed by atoms with Crippen LogP contribution < -0.4 is 11.1 Å². The Morgan fingerprint density at radius 1 is 1.04 bits per heavy atom. The van der Waals surface area contributed by atoms with E-state index in [-0.39, 0.29) is 24.2 Å². The smallest absolute Gasteiger partial charge is 0.255 e. The normalized spacial score (nSPS) is 9.96. The van der Waals surface area contributed by atoms with Crippen molar-refractivity contribution in [2.75, 3.05) is 25.0 Å². The molecule has 0 heterocycles. The zero-order valence-corrected chi connectivity index (χ0v) is 15.5.